The van der Waals surface area contributed by atoms with Gasteiger partial charge in [0.2, 0.25) is 0 Å². The molecule has 1 fully saturated rings. The molecule has 2 aromatic rings. The first-order valence-electron chi connectivity index (χ1n) is 11.2. The van der Waals surface area contributed by atoms with Gasteiger partial charge in [-0.15, -0.1) is 24.8 Å². The van der Waals surface area contributed by atoms with Gasteiger partial charge in [-0.1, -0.05) is 24.3 Å². The lowest BCUT2D eigenvalue weighted by molar-refractivity contribution is -0.140. The molecule has 0 radical (unpaired) electrons. The Morgan fingerprint density at radius 1 is 0.824 bits per heavy atom. The van der Waals surface area contributed by atoms with Crippen LogP contribution in [0.25, 0.3) is 0 Å². The summed E-state index contributed by atoms with van der Waals surface area (Å²) >= 11 is 0. The molecule has 1 heterocycles. The topological polar surface area (TPSA) is 42.0 Å². The van der Waals surface area contributed by atoms with Crippen molar-refractivity contribution in [2.24, 2.45) is 0 Å². The Labute approximate surface area is 213 Å². The molecule has 0 atom stereocenters. The van der Waals surface area contributed by atoms with Crippen molar-refractivity contribution >= 4 is 30.8 Å². The Morgan fingerprint density at radius 2 is 1.29 bits per heavy atom. The van der Waals surface area contributed by atoms with E-state index in [0.717, 1.165) is 63.2 Å². The molecule has 0 aromatic heterocycles. The fourth-order valence-corrected chi connectivity index (χ4v) is 3.90. The quantitative estimate of drug-likeness (QED) is 0.313. The lowest BCUT2D eigenvalue weighted by Crippen LogP contribution is -2.47. The summed E-state index contributed by atoms with van der Waals surface area (Å²) in [6, 6.07) is 12.5. The van der Waals surface area contributed by atoms with Crippen LogP contribution in [0.4, 0.5) is 8.78 Å². The first kappa shape index (κ1) is 30.3. The first-order valence-corrected chi connectivity index (χ1v) is 11.2. The molecule has 0 amide bonds. The third-order valence-electron chi connectivity index (χ3n) is 5.84. The molecule has 0 N–H and O–H groups in total. The summed E-state index contributed by atoms with van der Waals surface area (Å²) < 4.78 is 37.6. The Hall–Kier alpha value is -1.77. The van der Waals surface area contributed by atoms with Crippen LogP contribution in [0.15, 0.2) is 48.5 Å². The predicted molar refractivity (Wildman–Crippen MR) is 134 cm³/mol. The summed E-state index contributed by atoms with van der Waals surface area (Å²) in [5.74, 6) is -0.737. The smallest absolute Gasteiger partial charge is 0.305 e. The highest BCUT2D eigenvalue weighted by atomic mass is 35.5. The number of methoxy groups -OCH3 is 1. The minimum Gasteiger partial charge on any atom is -0.469 e. The van der Waals surface area contributed by atoms with Gasteiger partial charge in [0.15, 0.2) is 0 Å². The summed E-state index contributed by atoms with van der Waals surface area (Å²) in [6.07, 6.45) is 1.97. The molecule has 2 aromatic carbocycles. The zero-order valence-corrected chi connectivity index (χ0v) is 21.1. The van der Waals surface area contributed by atoms with E-state index in [-0.39, 0.29) is 48.5 Å². The second-order valence-electron chi connectivity index (χ2n) is 8.07. The molecule has 0 saturated carbocycles. The number of nitrogens with zero attached hydrogens (tertiary/aromatic N) is 2. The van der Waals surface area contributed by atoms with Gasteiger partial charge >= 0.3 is 5.97 Å². The number of hydrogen-bond donors (Lipinski definition) is 0. The van der Waals surface area contributed by atoms with Crippen LogP contribution < -0.4 is 0 Å². The first-order chi connectivity index (χ1) is 15.5. The van der Waals surface area contributed by atoms with E-state index >= 15 is 0 Å². The number of carbonyl (C=O) groups excluding carboxylic acids is 1. The molecular weight excluding hydrogens is 485 g/mol. The maximum absolute atomic E-state index is 13.4. The van der Waals surface area contributed by atoms with Crippen molar-refractivity contribution < 1.29 is 23.0 Å². The largest absolute Gasteiger partial charge is 0.469 e. The van der Waals surface area contributed by atoms with Gasteiger partial charge in [0, 0.05) is 39.1 Å². The van der Waals surface area contributed by atoms with E-state index in [0.29, 0.717) is 13.0 Å². The van der Waals surface area contributed by atoms with E-state index in [1.165, 1.54) is 31.4 Å². The average molecular weight is 519 g/mol. The number of esters is 1. The van der Waals surface area contributed by atoms with Crippen LogP contribution in [0.3, 0.4) is 0 Å². The van der Waals surface area contributed by atoms with E-state index < -0.39 is 0 Å². The van der Waals surface area contributed by atoms with Crippen LogP contribution in [0.2, 0.25) is 0 Å². The second kappa shape index (κ2) is 16.0. The number of rotatable bonds is 11. The van der Waals surface area contributed by atoms with E-state index in [9.17, 15) is 13.6 Å². The molecule has 34 heavy (non-hydrogen) atoms. The van der Waals surface area contributed by atoms with E-state index in [2.05, 4.69) is 14.5 Å². The van der Waals surface area contributed by atoms with Gasteiger partial charge in [-0.25, -0.2) is 8.78 Å². The second-order valence-corrected chi connectivity index (χ2v) is 8.07. The summed E-state index contributed by atoms with van der Waals surface area (Å²) in [4.78, 5) is 16.0. The number of halogens is 4. The van der Waals surface area contributed by atoms with Gasteiger partial charge < -0.3 is 14.4 Å². The zero-order valence-electron chi connectivity index (χ0n) is 19.5. The highest BCUT2D eigenvalue weighted by Gasteiger charge is 2.19. The Morgan fingerprint density at radius 3 is 1.76 bits per heavy atom. The molecule has 0 spiro atoms. The van der Waals surface area contributed by atoms with Gasteiger partial charge in [0.1, 0.15) is 17.7 Å². The van der Waals surface area contributed by atoms with Crippen molar-refractivity contribution in [3.05, 3.63) is 71.3 Å². The number of benzene rings is 2. The highest BCUT2D eigenvalue weighted by Crippen LogP contribution is 2.26. The number of carbonyl (C=O) groups is 1. The van der Waals surface area contributed by atoms with Crippen LogP contribution in [0.1, 0.15) is 36.5 Å². The lowest BCUT2D eigenvalue weighted by atomic mass is 10.0. The van der Waals surface area contributed by atoms with Gasteiger partial charge in [-0.2, -0.15) is 0 Å². The summed E-state index contributed by atoms with van der Waals surface area (Å²) in [5, 5.41) is 0. The molecule has 0 unspecified atom stereocenters. The maximum atomic E-state index is 13.4. The minimum atomic E-state index is -0.368. The Kier molecular flexibility index (Phi) is 14.2. The molecule has 9 heteroatoms. The SMILES string of the molecule is COC(=O)CCCCN1CCN(CCOC(c2ccc(F)cc2)c2ccc(F)cc2)CC1.Cl.Cl. The third kappa shape index (κ3) is 9.84. The van der Waals surface area contributed by atoms with Crippen LogP contribution in [0.5, 0.6) is 0 Å². The lowest BCUT2D eigenvalue weighted by Gasteiger charge is -2.35. The Bertz CT molecular complexity index is 788. The van der Waals surface area contributed by atoms with Crippen molar-refractivity contribution in [2.45, 2.75) is 25.4 Å². The molecule has 0 aliphatic carbocycles. The van der Waals surface area contributed by atoms with Crippen LogP contribution in [-0.2, 0) is 14.3 Å². The normalized spacial score (nSPS) is 14.4. The minimum absolute atomic E-state index is 0. The van der Waals surface area contributed by atoms with E-state index in [1.807, 2.05) is 0 Å². The molecule has 1 aliphatic rings. The fourth-order valence-electron chi connectivity index (χ4n) is 3.90. The van der Waals surface area contributed by atoms with Crippen LogP contribution >= 0.6 is 24.8 Å². The molecule has 5 nitrogen and oxygen atoms in total. The van der Waals surface area contributed by atoms with Gasteiger partial charge in [-0.3, -0.25) is 9.69 Å². The summed E-state index contributed by atoms with van der Waals surface area (Å²) in [6.45, 7) is 6.26. The molecule has 3 rings (SSSR count). The molecule has 1 saturated heterocycles. The number of hydrogen-bond acceptors (Lipinski definition) is 5. The van der Waals surface area contributed by atoms with Crippen molar-refractivity contribution in [2.75, 3.05) is 53.0 Å². The molecule has 0 bridgehead atoms. The summed E-state index contributed by atoms with van der Waals surface area (Å²) in [5.41, 5.74) is 1.68. The van der Waals surface area contributed by atoms with E-state index in [4.69, 9.17) is 4.74 Å². The maximum Gasteiger partial charge on any atom is 0.305 e. The standard InChI is InChI=1S/C25H32F2N2O3.2ClH/c1-31-24(30)4-2-3-13-28-14-16-29(17-15-28)18-19-32-25(20-5-9-22(26)10-6-20)21-7-11-23(27)12-8-21;;/h5-12,25H,2-4,13-19H2,1H3;2*1H. The molecule has 1 aliphatic heterocycles. The van der Waals surface area contributed by atoms with Gasteiger partial charge in [-0.05, 0) is 54.8 Å². The number of unbranched alkanes of at least 4 members (excludes halogenated alkanes) is 1. The zero-order chi connectivity index (χ0) is 22.8. The van der Waals surface area contributed by atoms with Crippen molar-refractivity contribution in [1.82, 2.24) is 9.80 Å². The summed E-state index contributed by atoms with van der Waals surface area (Å²) in [7, 11) is 1.42. The predicted octanol–water partition coefficient (Wildman–Crippen LogP) is 4.88. The fraction of sp³-hybridized carbons (Fsp3) is 0.480. The number of piperazine rings is 1. The average Bonchev–Trinajstić information content (AvgIpc) is 2.82. The van der Waals surface area contributed by atoms with Gasteiger partial charge in [0.25, 0.3) is 0 Å². The monoisotopic (exact) mass is 518 g/mol. The van der Waals surface area contributed by atoms with Crippen molar-refractivity contribution in [3.63, 3.8) is 0 Å². The van der Waals surface area contributed by atoms with Crippen molar-refractivity contribution in [1.29, 1.82) is 0 Å². The van der Waals surface area contributed by atoms with Crippen LogP contribution in [0, 0.1) is 11.6 Å². The van der Waals surface area contributed by atoms with Gasteiger partial charge in [0.05, 0.1) is 13.7 Å². The van der Waals surface area contributed by atoms with E-state index in [1.54, 1.807) is 24.3 Å². The third-order valence-corrected chi connectivity index (χ3v) is 5.84. The molecule has 190 valence electrons. The Balaban J connectivity index is 0.00000289. The van der Waals surface area contributed by atoms with Crippen molar-refractivity contribution in [3.8, 4) is 0 Å². The highest BCUT2D eigenvalue weighted by molar-refractivity contribution is 5.85. The molecular formula is C25H34Cl2F2N2O3. The van der Waals surface area contributed by atoms with Crippen LogP contribution in [-0.4, -0.2) is 68.8 Å². The number of ether oxygens (including phenoxy) is 2.